The van der Waals surface area contributed by atoms with E-state index < -0.39 is 0 Å². The molecule has 64 heavy (non-hydrogen) atoms. The first-order valence-corrected chi connectivity index (χ1v) is 21.2. The van der Waals surface area contributed by atoms with E-state index in [9.17, 15) is 10.2 Å². The minimum absolute atomic E-state index is 0. The summed E-state index contributed by atoms with van der Waals surface area (Å²) in [5.74, 6) is 0.851. The van der Waals surface area contributed by atoms with E-state index in [0.29, 0.717) is 11.5 Å². The van der Waals surface area contributed by atoms with Crippen molar-refractivity contribution in [2.24, 2.45) is 0 Å². The van der Waals surface area contributed by atoms with Crippen LogP contribution in [0.1, 0.15) is 208 Å². The quantitative estimate of drug-likeness (QED) is 0.0659. The molecule has 0 aromatic heterocycles. The Morgan fingerprint density at radius 2 is 0.562 bits per heavy atom. The molecule has 0 aliphatic rings. The third-order valence-electron chi connectivity index (χ3n) is 12.0. The van der Waals surface area contributed by atoms with Gasteiger partial charge < -0.3 is 21.2 Å². The molecule has 350 valence electrons. The Kier molecular flexibility index (Phi) is 28.9. The molecule has 4 aromatic carbocycles. The fourth-order valence-corrected chi connectivity index (χ4v) is 8.22. The number of hydrogen-bond donors (Lipinski definition) is 4. The number of phenols is 2. The fraction of sp³-hybridized carbons (Fsp3) is 0.556. The molecule has 0 heterocycles. The van der Waals surface area contributed by atoms with Crippen molar-refractivity contribution in [3.63, 3.8) is 0 Å². The Hall–Kier alpha value is 0.476. The van der Waals surface area contributed by atoms with Gasteiger partial charge in [0.15, 0.2) is 0 Å². The number of rotatable bonds is 6. The van der Waals surface area contributed by atoms with E-state index in [0.717, 1.165) is 41.5 Å². The molecule has 0 bridgehead atoms. The maximum absolute atomic E-state index is 11.6. The van der Waals surface area contributed by atoms with Gasteiger partial charge in [-0.2, -0.15) is 34.9 Å². The van der Waals surface area contributed by atoms with E-state index in [1.807, 2.05) is 0 Å². The average molecular weight is 1210 g/mol. The number of phenolic OH excluding ortho intramolecular Hbond substituents is 2. The zero-order chi connectivity index (χ0) is 44.9. The number of hydrogen-bond acceptors (Lipinski definition) is 4. The summed E-state index contributed by atoms with van der Waals surface area (Å²) in [5.41, 5.74) is 17.6. The third kappa shape index (κ3) is 17.4. The molecular weight excluding hydrogens is 1120 g/mol. The molecule has 0 spiro atoms. The Labute approximate surface area is 486 Å². The molecule has 4 aromatic rings. The van der Waals surface area contributed by atoms with Crippen molar-refractivity contribution in [3.05, 3.63) is 126 Å². The molecule has 0 atom stereocenters. The van der Waals surface area contributed by atoms with E-state index in [1.165, 1.54) is 61.2 Å². The van der Waals surface area contributed by atoms with E-state index in [2.05, 4.69) is 188 Å². The predicted molar refractivity (Wildman–Crippen MR) is 255 cm³/mol. The van der Waals surface area contributed by atoms with Gasteiger partial charge in [0.25, 0.3) is 0 Å². The van der Waals surface area contributed by atoms with E-state index >= 15 is 0 Å². The topological polar surface area (TPSA) is 144 Å². The summed E-state index contributed by atoms with van der Waals surface area (Å²) in [6.07, 6.45) is 2.40. The smallest absolute Gasteiger partial charge is 0.123 e. The van der Waals surface area contributed by atoms with Crippen molar-refractivity contribution in [3.8, 4) is 11.5 Å². The molecule has 0 aliphatic carbocycles. The largest absolute Gasteiger partial charge is 0.507 e. The van der Waals surface area contributed by atoms with Crippen molar-refractivity contribution < 1.29 is 158 Å². The summed E-state index contributed by atoms with van der Waals surface area (Å²) in [6.45, 7) is 47.1. The van der Waals surface area contributed by atoms with Crippen molar-refractivity contribution in [2.75, 3.05) is 0 Å². The molecule has 0 saturated heterocycles. The van der Waals surface area contributed by atoms with Crippen molar-refractivity contribution >= 4 is 0 Å². The predicted octanol–water partition coefficient (Wildman–Crippen LogP) is 12.7. The van der Waals surface area contributed by atoms with Crippen LogP contribution in [0.15, 0.2) is 36.4 Å². The van der Waals surface area contributed by atoms with Crippen molar-refractivity contribution in [2.45, 2.75) is 197 Å². The SMILES string of the molecule is Cc1c(Cc2cc(C(C)(C)C)[c-]c(C(C)(C)C)c2)c(C)c(Cc2cc(C(C)(C)C)c(O)c(C(C)(C)C)c2)c(C)c1Cc1cc(C(C)(C)C)c(O)c(C(C)(C)C)c1.O.O.OO.[Pr].[Pr].[Ti].[Ti]. The van der Waals surface area contributed by atoms with Gasteiger partial charge in [0.1, 0.15) is 11.5 Å². The van der Waals surface area contributed by atoms with Gasteiger partial charge >= 0.3 is 0 Å². The first kappa shape index (κ1) is 71.0. The monoisotopic (exact) mass is 1210 g/mol. The first-order chi connectivity index (χ1) is 26.1. The van der Waals surface area contributed by atoms with Crippen LogP contribution in [0, 0.1) is 109 Å². The van der Waals surface area contributed by atoms with E-state index in [4.69, 9.17) is 10.5 Å². The summed E-state index contributed by atoms with van der Waals surface area (Å²) in [6, 6.07) is 17.6. The first-order valence-electron chi connectivity index (χ1n) is 21.2. The second-order valence-electron chi connectivity index (χ2n) is 23.2. The third-order valence-corrected chi connectivity index (χ3v) is 12.0. The van der Waals surface area contributed by atoms with E-state index in [1.54, 1.807) is 0 Å². The molecule has 2 radical (unpaired) electrons. The standard InChI is InChI=1S/C54H77O2.H2O2.2H2O.2Pr.2Ti/c1-32-40(24-35-22-38(49(4,5)6)31-39(23-35)50(7,8)9)33(2)42(26-37-29-45(53(16,17)18)48(56)46(30-37)54(19,20)21)34(3)41(32)25-36-27-43(51(10,11)12)47(55)44(28-36)52(13,14)15;1-2;;;;;;/h22-23,27-30,55-56H,24-26H2,1-21H3;1-2H;2*1H2;;;;/q-1;;;;;;;. The maximum Gasteiger partial charge on any atom is 0.123 e. The Morgan fingerprint density at radius 3 is 0.734 bits per heavy atom. The van der Waals surface area contributed by atoms with E-state index in [-0.39, 0.29) is 169 Å². The number of aromatic hydroxyl groups is 2. The van der Waals surface area contributed by atoms with Crippen LogP contribution in [0.2, 0.25) is 0 Å². The molecule has 4 rings (SSSR count). The van der Waals surface area contributed by atoms with Gasteiger partial charge in [-0.3, -0.25) is 10.5 Å². The van der Waals surface area contributed by atoms with Crippen LogP contribution in [0.5, 0.6) is 11.5 Å². The molecule has 6 nitrogen and oxygen atoms in total. The summed E-state index contributed by atoms with van der Waals surface area (Å²) >= 11 is 0. The van der Waals surface area contributed by atoms with Gasteiger partial charge in [0, 0.05) is 126 Å². The van der Waals surface area contributed by atoms with Crippen molar-refractivity contribution in [1.29, 1.82) is 0 Å². The van der Waals surface area contributed by atoms with Crippen LogP contribution >= 0.6 is 0 Å². The Bertz CT molecular complexity index is 1920. The van der Waals surface area contributed by atoms with Crippen LogP contribution in [-0.4, -0.2) is 31.7 Å². The summed E-state index contributed by atoms with van der Waals surface area (Å²) < 4.78 is 0. The summed E-state index contributed by atoms with van der Waals surface area (Å²) in [5, 5.41) is 35.3. The average Bonchev–Trinajstić information content (AvgIpc) is 3.06. The minimum Gasteiger partial charge on any atom is -0.507 e. The van der Waals surface area contributed by atoms with Crippen LogP contribution in [0.3, 0.4) is 0 Å². The van der Waals surface area contributed by atoms with Gasteiger partial charge in [-0.25, -0.2) is 0 Å². The maximum atomic E-state index is 11.6. The van der Waals surface area contributed by atoms with Crippen LogP contribution in [0.25, 0.3) is 0 Å². The molecule has 0 unspecified atom stereocenters. The van der Waals surface area contributed by atoms with Gasteiger partial charge in [-0.05, 0) is 139 Å². The molecule has 0 aliphatic heterocycles. The zero-order valence-electron chi connectivity index (χ0n) is 43.5. The van der Waals surface area contributed by atoms with Crippen LogP contribution in [-0.2, 0) is 95.2 Å². The normalized spacial score (nSPS) is 11.9. The molecule has 0 fully saturated rings. The summed E-state index contributed by atoms with van der Waals surface area (Å²) in [4.78, 5) is 0. The fourth-order valence-electron chi connectivity index (χ4n) is 8.22. The molecule has 10 heteroatoms. The molecule has 0 amide bonds. The van der Waals surface area contributed by atoms with Gasteiger partial charge in [-0.1, -0.05) is 149 Å². The Morgan fingerprint density at radius 1 is 0.375 bits per heavy atom. The second kappa shape index (κ2) is 26.1. The number of benzene rings is 4. The zero-order valence-corrected chi connectivity index (χ0v) is 54.1. The van der Waals surface area contributed by atoms with Gasteiger partial charge in [0.05, 0.1) is 0 Å². The van der Waals surface area contributed by atoms with Crippen LogP contribution in [0.4, 0.5) is 0 Å². The summed E-state index contributed by atoms with van der Waals surface area (Å²) in [7, 11) is 0. The van der Waals surface area contributed by atoms with Crippen molar-refractivity contribution in [1.82, 2.24) is 0 Å². The molecule has 0 saturated carbocycles. The molecule has 8 N–H and O–H groups in total. The molecular formula is C54H83O6Pr2Ti2-. The van der Waals surface area contributed by atoms with Gasteiger partial charge in [-0.15, -0.1) is 0 Å². The second-order valence-corrected chi connectivity index (χ2v) is 23.2. The van der Waals surface area contributed by atoms with Gasteiger partial charge in [0.2, 0.25) is 0 Å². The Balaban J connectivity index is -0.00000222. The van der Waals surface area contributed by atoms with Crippen LogP contribution < -0.4 is 0 Å². The minimum atomic E-state index is -0.206.